The number of amides is 1. The number of benzene rings is 4. The predicted octanol–water partition coefficient (Wildman–Crippen LogP) is 7.65. The van der Waals surface area contributed by atoms with E-state index in [1.807, 2.05) is 68.6 Å². The van der Waals surface area contributed by atoms with Crippen LogP contribution in [0.4, 0.5) is 11.4 Å². The summed E-state index contributed by atoms with van der Waals surface area (Å²) in [5.41, 5.74) is 4.96. The smallest absolute Gasteiger partial charge is 0.266 e. The van der Waals surface area contributed by atoms with Gasteiger partial charge in [0.1, 0.15) is 0 Å². The van der Waals surface area contributed by atoms with E-state index in [0.717, 1.165) is 27.9 Å². The van der Waals surface area contributed by atoms with Crippen molar-refractivity contribution in [2.45, 2.75) is 13.5 Å². The lowest BCUT2D eigenvalue weighted by Gasteiger charge is -2.21. The van der Waals surface area contributed by atoms with Crippen molar-refractivity contribution in [1.82, 2.24) is 9.80 Å². The van der Waals surface area contributed by atoms with E-state index in [9.17, 15) is 10.1 Å². The predicted molar refractivity (Wildman–Crippen MR) is 179 cm³/mol. The molecule has 0 atom stereocenters. The lowest BCUT2D eigenvalue weighted by molar-refractivity contribution is -0.122. The highest BCUT2D eigenvalue weighted by atomic mass is 32.2. The van der Waals surface area contributed by atoms with E-state index < -0.39 is 0 Å². The second-order valence-corrected chi connectivity index (χ2v) is 11.0. The number of rotatable bonds is 9. The van der Waals surface area contributed by atoms with Crippen molar-refractivity contribution in [2.24, 2.45) is 4.99 Å². The summed E-state index contributed by atoms with van der Waals surface area (Å²) in [4.78, 5) is 23.1. The molecule has 1 N–H and O–H groups in total. The van der Waals surface area contributed by atoms with Gasteiger partial charge in [0.05, 0.1) is 40.2 Å². The fourth-order valence-electron chi connectivity index (χ4n) is 4.73. The third-order valence-electron chi connectivity index (χ3n) is 6.91. The van der Waals surface area contributed by atoms with Crippen LogP contribution in [0.3, 0.4) is 0 Å². The average Bonchev–Trinajstić information content (AvgIpc) is 3.30. The zero-order valence-corrected chi connectivity index (χ0v) is 25.2. The summed E-state index contributed by atoms with van der Waals surface area (Å²) in [5.74, 6) is -0.0976. The molecule has 0 aliphatic carbocycles. The van der Waals surface area contributed by atoms with Gasteiger partial charge in [-0.05, 0) is 76.3 Å². The Hall–Kier alpha value is -4.45. The monoisotopic (exact) mass is 589 g/mol. The van der Waals surface area contributed by atoms with Gasteiger partial charge < -0.3 is 10.2 Å². The van der Waals surface area contributed by atoms with Gasteiger partial charge in [0, 0.05) is 20.1 Å². The molecule has 5 rings (SSSR count). The second kappa shape index (κ2) is 13.5. The Morgan fingerprint density at radius 1 is 1.05 bits per heavy atom. The molecule has 1 aliphatic rings. The van der Waals surface area contributed by atoms with Crippen LogP contribution in [0.5, 0.6) is 0 Å². The minimum atomic E-state index is -0.0976. The normalized spacial score (nSPS) is 15.4. The van der Waals surface area contributed by atoms with Crippen molar-refractivity contribution >= 4 is 63.3 Å². The van der Waals surface area contributed by atoms with Crippen LogP contribution in [0.2, 0.25) is 0 Å². The van der Waals surface area contributed by atoms with Crippen molar-refractivity contribution in [1.29, 1.82) is 5.26 Å². The molecular weight excluding hydrogens is 559 g/mol. The summed E-state index contributed by atoms with van der Waals surface area (Å²) in [6.45, 7) is 3.62. The Labute approximate surface area is 256 Å². The van der Waals surface area contributed by atoms with E-state index in [-0.39, 0.29) is 5.91 Å². The maximum Gasteiger partial charge on any atom is 0.266 e. The third kappa shape index (κ3) is 6.54. The summed E-state index contributed by atoms with van der Waals surface area (Å²) in [5, 5.41) is 17.5. The summed E-state index contributed by atoms with van der Waals surface area (Å²) >= 11 is 5.86. The number of nitrogens with zero attached hydrogens (tertiary/aromatic N) is 4. The Morgan fingerprint density at radius 3 is 2.55 bits per heavy atom. The number of anilines is 1. The summed E-state index contributed by atoms with van der Waals surface area (Å²) in [6, 6.07) is 32.0. The van der Waals surface area contributed by atoms with E-state index >= 15 is 0 Å². The Kier molecular flexibility index (Phi) is 9.32. The zero-order valence-electron chi connectivity index (χ0n) is 23.5. The maximum atomic E-state index is 13.8. The Bertz CT molecular complexity index is 1740. The van der Waals surface area contributed by atoms with Gasteiger partial charge in [-0.25, -0.2) is 4.99 Å². The molecule has 210 valence electrons. The first-order valence-electron chi connectivity index (χ1n) is 13.7. The molecule has 1 aliphatic heterocycles. The molecule has 1 heterocycles. The topological polar surface area (TPSA) is 71.7 Å². The summed E-state index contributed by atoms with van der Waals surface area (Å²) in [6.07, 6.45) is 1.95. The molecule has 0 radical (unpaired) electrons. The number of thiol groups is 1. The van der Waals surface area contributed by atoms with Crippen LogP contribution in [0.1, 0.15) is 23.6 Å². The first kappa shape index (κ1) is 29.1. The van der Waals surface area contributed by atoms with Crippen LogP contribution in [-0.4, -0.2) is 41.0 Å². The van der Waals surface area contributed by atoms with Gasteiger partial charge >= 0.3 is 0 Å². The standard InChI is InChI=1S/C34H31N5OS2/c1-3-36-29-16-13-25(21-35)19-30(29)37-34-39(22-24-9-5-4-6-10-24)33(40)32(42-34)17-18-38(2)31(23-41)28-15-14-26-11-7-8-12-27(26)20-28/h4-17,19-20,23,36,41H,3,18,22H2,1-2H3/b31-23-,32-17-,37-34?. The molecule has 1 saturated heterocycles. The molecule has 0 bridgehead atoms. The number of hydrogen-bond acceptors (Lipinski definition) is 7. The number of nitriles is 1. The summed E-state index contributed by atoms with van der Waals surface area (Å²) < 4.78 is 0. The van der Waals surface area contributed by atoms with Crippen molar-refractivity contribution in [3.63, 3.8) is 0 Å². The maximum absolute atomic E-state index is 13.8. The molecule has 0 aromatic heterocycles. The fraction of sp³-hybridized carbons (Fsp3) is 0.147. The number of carbonyl (C=O) groups is 1. The molecule has 6 nitrogen and oxygen atoms in total. The van der Waals surface area contributed by atoms with Gasteiger partial charge in [0.2, 0.25) is 0 Å². The number of likely N-dealkylation sites (N-methyl/N-ethyl adjacent to an activating group) is 1. The first-order valence-corrected chi connectivity index (χ1v) is 15.0. The van der Waals surface area contributed by atoms with Gasteiger partial charge in [-0.15, -0.1) is 12.6 Å². The molecule has 0 unspecified atom stereocenters. The van der Waals surface area contributed by atoms with E-state index in [0.29, 0.717) is 41.0 Å². The first-order chi connectivity index (χ1) is 20.5. The molecule has 1 amide bonds. The molecule has 1 fully saturated rings. The highest BCUT2D eigenvalue weighted by Gasteiger charge is 2.33. The van der Waals surface area contributed by atoms with Crippen molar-refractivity contribution in [3.05, 3.63) is 124 Å². The lowest BCUT2D eigenvalue weighted by atomic mass is 10.1. The fourth-order valence-corrected chi connectivity index (χ4v) is 6.03. The van der Waals surface area contributed by atoms with Gasteiger partial charge in [0.25, 0.3) is 5.91 Å². The largest absolute Gasteiger partial charge is 0.384 e. The quantitative estimate of drug-likeness (QED) is 0.155. The van der Waals surface area contributed by atoms with Crippen molar-refractivity contribution in [3.8, 4) is 6.07 Å². The molecule has 42 heavy (non-hydrogen) atoms. The van der Waals surface area contributed by atoms with Crippen LogP contribution in [0, 0.1) is 11.3 Å². The molecule has 4 aromatic carbocycles. The SMILES string of the molecule is CCNc1ccc(C#N)cc1N=C1S/C(=C\CN(C)/C(=C\S)c2ccc3ccccc3c2)C(=O)N1Cc1ccccc1. The van der Waals surface area contributed by atoms with Crippen LogP contribution >= 0.6 is 24.4 Å². The Balaban J connectivity index is 1.44. The number of fused-ring (bicyclic) bond motifs is 1. The van der Waals surface area contributed by atoms with Gasteiger partial charge in [-0.3, -0.25) is 9.69 Å². The highest BCUT2D eigenvalue weighted by molar-refractivity contribution is 8.18. The summed E-state index contributed by atoms with van der Waals surface area (Å²) in [7, 11) is 1.99. The minimum absolute atomic E-state index is 0.0976. The number of carbonyl (C=O) groups excluding carboxylic acids is 1. The van der Waals surface area contributed by atoms with Gasteiger partial charge in [-0.1, -0.05) is 66.7 Å². The number of aliphatic imine (C=N–C) groups is 1. The third-order valence-corrected chi connectivity index (χ3v) is 8.21. The van der Waals surface area contributed by atoms with Crippen LogP contribution in [-0.2, 0) is 11.3 Å². The van der Waals surface area contributed by atoms with Crippen LogP contribution in [0.15, 0.2) is 112 Å². The average molecular weight is 590 g/mol. The molecular formula is C34H31N5OS2. The Morgan fingerprint density at radius 2 is 1.81 bits per heavy atom. The van der Waals surface area contributed by atoms with Crippen molar-refractivity contribution in [2.75, 3.05) is 25.5 Å². The van der Waals surface area contributed by atoms with E-state index in [1.54, 1.807) is 22.4 Å². The van der Waals surface area contributed by atoms with Crippen LogP contribution in [0.25, 0.3) is 16.5 Å². The number of thioether (sulfide) groups is 1. The molecule has 8 heteroatoms. The van der Waals surface area contributed by atoms with Crippen molar-refractivity contribution < 1.29 is 4.79 Å². The number of nitrogens with one attached hydrogen (secondary N) is 1. The zero-order chi connectivity index (χ0) is 29.5. The minimum Gasteiger partial charge on any atom is -0.384 e. The number of hydrogen-bond donors (Lipinski definition) is 2. The molecule has 0 spiro atoms. The molecule has 4 aromatic rings. The van der Waals surface area contributed by atoms with E-state index in [1.165, 1.54) is 17.1 Å². The van der Waals surface area contributed by atoms with E-state index in [2.05, 4.69) is 59.2 Å². The number of amidine groups is 1. The van der Waals surface area contributed by atoms with Crippen LogP contribution < -0.4 is 5.32 Å². The van der Waals surface area contributed by atoms with Gasteiger partial charge in [-0.2, -0.15) is 5.26 Å². The molecule has 0 saturated carbocycles. The van der Waals surface area contributed by atoms with Gasteiger partial charge in [0.15, 0.2) is 5.17 Å². The second-order valence-electron chi connectivity index (χ2n) is 9.77. The highest BCUT2D eigenvalue weighted by Crippen LogP contribution is 2.36. The van der Waals surface area contributed by atoms with E-state index in [4.69, 9.17) is 4.99 Å². The lowest BCUT2D eigenvalue weighted by Crippen LogP contribution is -2.28.